The number of nitrogen functional groups attached to an aromatic ring is 1. The Bertz CT molecular complexity index is 647. The average molecular weight is 212 g/mol. The van der Waals surface area contributed by atoms with Gasteiger partial charge in [0.25, 0.3) is 0 Å². The van der Waals surface area contributed by atoms with Crippen molar-refractivity contribution in [3.05, 3.63) is 36.7 Å². The molecule has 0 radical (unpaired) electrons. The minimum atomic E-state index is 0.370. The summed E-state index contributed by atoms with van der Waals surface area (Å²) >= 11 is 0. The molecule has 0 saturated heterocycles. The summed E-state index contributed by atoms with van der Waals surface area (Å²) in [6.45, 7) is 0. The molecule has 2 heterocycles. The Balaban J connectivity index is 2.18. The van der Waals surface area contributed by atoms with Crippen LogP contribution in [0.4, 0.5) is 5.82 Å². The summed E-state index contributed by atoms with van der Waals surface area (Å²) in [5.74, 6) is 0.999. The van der Waals surface area contributed by atoms with Crippen LogP contribution in [0.25, 0.3) is 22.4 Å². The molecule has 16 heavy (non-hydrogen) atoms. The van der Waals surface area contributed by atoms with Crippen LogP contribution in [-0.2, 0) is 0 Å². The van der Waals surface area contributed by atoms with E-state index in [9.17, 15) is 0 Å². The van der Waals surface area contributed by atoms with Gasteiger partial charge in [-0.1, -0.05) is 5.16 Å². The molecule has 0 fully saturated rings. The van der Waals surface area contributed by atoms with Crippen molar-refractivity contribution >= 4 is 16.9 Å². The van der Waals surface area contributed by atoms with Crippen molar-refractivity contribution in [2.45, 2.75) is 0 Å². The van der Waals surface area contributed by atoms with E-state index in [1.165, 1.54) is 0 Å². The van der Waals surface area contributed by atoms with Crippen LogP contribution >= 0.6 is 0 Å². The highest BCUT2D eigenvalue weighted by atomic mass is 16.5. The van der Waals surface area contributed by atoms with E-state index >= 15 is 0 Å². The molecule has 1 aromatic carbocycles. The van der Waals surface area contributed by atoms with Crippen molar-refractivity contribution in [3.63, 3.8) is 0 Å². The third-order valence-electron chi connectivity index (χ3n) is 2.28. The summed E-state index contributed by atoms with van der Waals surface area (Å²) in [7, 11) is 0. The highest BCUT2D eigenvalue weighted by Gasteiger charge is 2.05. The highest BCUT2D eigenvalue weighted by Crippen LogP contribution is 2.23. The molecule has 5 nitrogen and oxygen atoms in total. The predicted molar refractivity (Wildman–Crippen MR) is 59.4 cm³/mol. The molecule has 2 aromatic heterocycles. The first kappa shape index (κ1) is 8.84. The van der Waals surface area contributed by atoms with Gasteiger partial charge in [-0.3, -0.25) is 9.97 Å². The molecule has 3 aromatic rings. The van der Waals surface area contributed by atoms with E-state index in [0.29, 0.717) is 11.6 Å². The lowest BCUT2D eigenvalue weighted by atomic mass is 10.1. The van der Waals surface area contributed by atoms with Crippen LogP contribution in [0.1, 0.15) is 0 Å². The zero-order valence-corrected chi connectivity index (χ0v) is 8.29. The maximum Gasteiger partial charge on any atom is 0.169 e. The molecule has 0 aliphatic carbocycles. The summed E-state index contributed by atoms with van der Waals surface area (Å²) in [6, 6.07) is 7.35. The number of fused-ring (bicyclic) bond motifs is 1. The SMILES string of the molecule is Nc1cc(-c2ccc3nccnc3c2)on1. The fourth-order valence-corrected chi connectivity index (χ4v) is 1.54. The van der Waals surface area contributed by atoms with E-state index in [1.54, 1.807) is 18.5 Å². The summed E-state index contributed by atoms with van der Waals surface area (Å²) in [4.78, 5) is 8.41. The van der Waals surface area contributed by atoms with Crippen molar-refractivity contribution in [3.8, 4) is 11.3 Å². The molecule has 0 unspecified atom stereocenters. The summed E-state index contributed by atoms with van der Waals surface area (Å²) < 4.78 is 5.08. The number of benzene rings is 1. The number of nitrogens with two attached hydrogens (primary N) is 1. The molecular formula is C11H8N4O. The van der Waals surface area contributed by atoms with Gasteiger partial charge in [0.1, 0.15) is 0 Å². The van der Waals surface area contributed by atoms with Crippen molar-refractivity contribution < 1.29 is 4.52 Å². The normalized spacial score (nSPS) is 10.8. The molecule has 2 N–H and O–H groups in total. The monoisotopic (exact) mass is 212 g/mol. The van der Waals surface area contributed by atoms with Crippen LogP contribution in [0.5, 0.6) is 0 Å². The smallest absolute Gasteiger partial charge is 0.169 e. The van der Waals surface area contributed by atoms with Gasteiger partial charge in [-0.2, -0.15) is 0 Å². The second-order valence-corrected chi connectivity index (χ2v) is 3.38. The first-order valence-corrected chi connectivity index (χ1v) is 4.76. The Morgan fingerprint density at radius 3 is 2.56 bits per heavy atom. The van der Waals surface area contributed by atoms with Gasteiger partial charge in [0.15, 0.2) is 11.6 Å². The van der Waals surface area contributed by atoms with E-state index in [4.69, 9.17) is 10.3 Å². The van der Waals surface area contributed by atoms with Crippen molar-refractivity contribution in [2.75, 3.05) is 5.73 Å². The summed E-state index contributed by atoms with van der Waals surface area (Å²) in [6.07, 6.45) is 3.31. The molecule has 0 amide bonds. The first-order chi connectivity index (χ1) is 7.83. The van der Waals surface area contributed by atoms with Gasteiger partial charge in [-0.05, 0) is 18.2 Å². The van der Waals surface area contributed by atoms with Gasteiger partial charge in [-0.15, -0.1) is 0 Å². The lowest BCUT2D eigenvalue weighted by molar-refractivity contribution is 0.436. The van der Waals surface area contributed by atoms with Crippen LogP contribution in [0.2, 0.25) is 0 Å². The first-order valence-electron chi connectivity index (χ1n) is 4.76. The summed E-state index contributed by atoms with van der Waals surface area (Å²) in [5.41, 5.74) is 8.04. The van der Waals surface area contributed by atoms with E-state index in [0.717, 1.165) is 16.6 Å². The van der Waals surface area contributed by atoms with Crippen LogP contribution in [-0.4, -0.2) is 15.1 Å². The van der Waals surface area contributed by atoms with Crippen molar-refractivity contribution in [1.82, 2.24) is 15.1 Å². The van der Waals surface area contributed by atoms with E-state index in [-0.39, 0.29) is 0 Å². The third kappa shape index (κ3) is 1.38. The number of hydrogen-bond donors (Lipinski definition) is 1. The third-order valence-corrected chi connectivity index (χ3v) is 2.28. The zero-order valence-electron chi connectivity index (χ0n) is 8.29. The van der Waals surface area contributed by atoms with E-state index in [1.807, 2.05) is 18.2 Å². The van der Waals surface area contributed by atoms with Crippen LogP contribution in [0.15, 0.2) is 41.2 Å². The maximum atomic E-state index is 5.50. The number of aromatic nitrogens is 3. The lowest BCUT2D eigenvalue weighted by Crippen LogP contribution is -1.83. The minimum absolute atomic E-state index is 0.370. The molecule has 5 heteroatoms. The quantitative estimate of drug-likeness (QED) is 0.666. The second-order valence-electron chi connectivity index (χ2n) is 3.38. The predicted octanol–water partition coefficient (Wildman–Crippen LogP) is 1.87. The fourth-order valence-electron chi connectivity index (χ4n) is 1.54. The Morgan fingerprint density at radius 2 is 1.81 bits per heavy atom. The second kappa shape index (κ2) is 3.30. The minimum Gasteiger partial charge on any atom is -0.381 e. The van der Waals surface area contributed by atoms with E-state index in [2.05, 4.69) is 15.1 Å². The van der Waals surface area contributed by atoms with Gasteiger partial charge < -0.3 is 10.3 Å². The molecule has 0 aliphatic heterocycles. The van der Waals surface area contributed by atoms with Gasteiger partial charge in [0.05, 0.1) is 11.0 Å². The standard InChI is InChI=1S/C11H8N4O/c12-11-6-10(16-15-11)7-1-2-8-9(5-7)14-4-3-13-8/h1-6H,(H2,12,15). The average Bonchev–Trinajstić information content (AvgIpc) is 2.75. The number of nitrogens with zero attached hydrogens (tertiary/aromatic N) is 3. The van der Waals surface area contributed by atoms with Gasteiger partial charge >= 0.3 is 0 Å². The van der Waals surface area contributed by atoms with Crippen LogP contribution in [0.3, 0.4) is 0 Å². The fraction of sp³-hybridized carbons (Fsp3) is 0. The molecule has 0 saturated carbocycles. The van der Waals surface area contributed by atoms with Crippen molar-refractivity contribution in [2.24, 2.45) is 0 Å². The molecule has 3 rings (SSSR count). The van der Waals surface area contributed by atoms with E-state index < -0.39 is 0 Å². The molecule has 0 bridgehead atoms. The number of hydrogen-bond acceptors (Lipinski definition) is 5. The molecule has 78 valence electrons. The Hall–Kier alpha value is -2.43. The number of anilines is 1. The lowest BCUT2D eigenvalue weighted by Gasteiger charge is -1.97. The van der Waals surface area contributed by atoms with Gasteiger partial charge in [0, 0.05) is 24.0 Å². The van der Waals surface area contributed by atoms with Crippen LogP contribution < -0.4 is 5.73 Å². The molecule has 0 spiro atoms. The Labute approximate surface area is 90.9 Å². The largest absolute Gasteiger partial charge is 0.381 e. The Kier molecular flexibility index (Phi) is 1.83. The number of rotatable bonds is 1. The highest BCUT2D eigenvalue weighted by molar-refractivity contribution is 5.80. The van der Waals surface area contributed by atoms with Crippen LogP contribution in [0, 0.1) is 0 Å². The zero-order chi connectivity index (χ0) is 11.0. The summed E-state index contributed by atoms with van der Waals surface area (Å²) in [5, 5.41) is 3.64. The van der Waals surface area contributed by atoms with Gasteiger partial charge in [0.2, 0.25) is 0 Å². The van der Waals surface area contributed by atoms with Gasteiger partial charge in [-0.25, -0.2) is 0 Å². The van der Waals surface area contributed by atoms with Crippen molar-refractivity contribution in [1.29, 1.82) is 0 Å². The molecule has 0 aliphatic rings. The maximum absolute atomic E-state index is 5.50. The molecule has 0 atom stereocenters. The topological polar surface area (TPSA) is 77.8 Å². The Morgan fingerprint density at radius 1 is 1.00 bits per heavy atom. The molecular weight excluding hydrogens is 204 g/mol.